The van der Waals surface area contributed by atoms with Crippen molar-refractivity contribution in [2.75, 3.05) is 25.0 Å². The molecule has 24 heavy (non-hydrogen) atoms. The van der Waals surface area contributed by atoms with E-state index in [-0.39, 0.29) is 17.9 Å². The Morgan fingerprint density at radius 2 is 2.12 bits per heavy atom. The van der Waals surface area contributed by atoms with E-state index in [9.17, 15) is 9.59 Å². The molecule has 1 aliphatic heterocycles. The molecule has 128 valence electrons. The summed E-state index contributed by atoms with van der Waals surface area (Å²) in [6.45, 7) is 5.30. The number of thiazole rings is 1. The van der Waals surface area contributed by atoms with Gasteiger partial charge in [-0.2, -0.15) is 0 Å². The Balaban J connectivity index is 1.58. The van der Waals surface area contributed by atoms with Gasteiger partial charge in [0.1, 0.15) is 0 Å². The van der Waals surface area contributed by atoms with Crippen molar-refractivity contribution in [1.82, 2.24) is 9.88 Å². The van der Waals surface area contributed by atoms with E-state index < -0.39 is 0 Å². The summed E-state index contributed by atoms with van der Waals surface area (Å²) in [6, 6.07) is 5.62. The third-order valence-electron chi connectivity index (χ3n) is 4.15. The van der Waals surface area contributed by atoms with E-state index in [2.05, 4.69) is 10.3 Å². The number of nitrogens with one attached hydrogen (secondary N) is 1. The summed E-state index contributed by atoms with van der Waals surface area (Å²) in [6.07, 6.45) is 1.30. The van der Waals surface area contributed by atoms with Gasteiger partial charge in [0, 0.05) is 18.8 Å². The summed E-state index contributed by atoms with van der Waals surface area (Å²) < 4.78 is 6.16. The molecule has 1 N–H and O–H groups in total. The van der Waals surface area contributed by atoms with Crippen LogP contribution in [0.25, 0.3) is 10.2 Å². The first-order valence-corrected chi connectivity index (χ1v) is 8.98. The smallest absolute Gasteiger partial charge is 0.321 e. The molecule has 0 bridgehead atoms. The number of rotatable bonds is 3. The zero-order valence-corrected chi connectivity index (χ0v) is 14.7. The number of hydrogen-bond acceptors (Lipinski definition) is 5. The Kier molecular flexibility index (Phi) is 4.99. The van der Waals surface area contributed by atoms with Crippen molar-refractivity contribution in [1.29, 1.82) is 0 Å². The number of benzene rings is 1. The molecule has 2 amide bonds. The van der Waals surface area contributed by atoms with Gasteiger partial charge in [0.2, 0.25) is 0 Å². The number of nitrogens with zero attached hydrogens (tertiary/aromatic N) is 2. The minimum Gasteiger partial charge on any atom is -0.466 e. The number of amides is 2. The van der Waals surface area contributed by atoms with Crippen molar-refractivity contribution in [3.05, 3.63) is 23.2 Å². The van der Waals surface area contributed by atoms with Crippen molar-refractivity contribution in [2.24, 2.45) is 5.92 Å². The maximum atomic E-state index is 12.4. The number of anilines is 1. The van der Waals surface area contributed by atoms with Crippen molar-refractivity contribution < 1.29 is 14.3 Å². The lowest BCUT2D eigenvalue weighted by Crippen LogP contribution is -2.42. The first kappa shape index (κ1) is 16.7. The van der Waals surface area contributed by atoms with E-state index in [0.717, 1.165) is 20.9 Å². The average Bonchev–Trinajstić information content (AvgIpc) is 2.94. The second kappa shape index (κ2) is 7.17. The van der Waals surface area contributed by atoms with Crippen LogP contribution in [0.15, 0.2) is 18.2 Å². The number of urea groups is 1. The fourth-order valence-corrected chi connectivity index (χ4v) is 3.71. The highest BCUT2D eigenvalue weighted by Crippen LogP contribution is 2.25. The van der Waals surface area contributed by atoms with E-state index >= 15 is 0 Å². The lowest BCUT2D eigenvalue weighted by atomic mass is 9.97. The quantitative estimate of drug-likeness (QED) is 0.864. The first-order valence-electron chi connectivity index (χ1n) is 8.16. The molecule has 6 nitrogen and oxygen atoms in total. The number of ether oxygens (including phenoxy) is 1. The molecule has 0 saturated carbocycles. The van der Waals surface area contributed by atoms with Gasteiger partial charge in [0.25, 0.3) is 0 Å². The molecule has 0 aliphatic carbocycles. The van der Waals surface area contributed by atoms with Gasteiger partial charge in [-0.15, -0.1) is 11.3 Å². The molecule has 7 heteroatoms. The van der Waals surface area contributed by atoms with Crippen LogP contribution in [0, 0.1) is 12.8 Å². The van der Waals surface area contributed by atoms with Gasteiger partial charge in [0.15, 0.2) is 0 Å². The van der Waals surface area contributed by atoms with Gasteiger partial charge in [-0.1, -0.05) is 0 Å². The normalized spacial score (nSPS) is 15.5. The molecule has 0 atom stereocenters. The van der Waals surface area contributed by atoms with E-state index in [1.807, 2.05) is 25.1 Å². The fourth-order valence-electron chi connectivity index (χ4n) is 2.90. The standard InChI is InChI=1S/C17H21N3O3S/c1-3-23-16(21)12-6-8-20(9-7-12)17(22)19-13-4-5-15-14(10-13)18-11(2)24-15/h4-5,10,12H,3,6-9H2,1-2H3,(H,19,22). The van der Waals surface area contributed by atoms with Crippen LogP contribution in [-0.4, -0.2) is 41.6 Å². The highest BCUT2D eigenvalue weighted by Gasteiger charge is 2.28. The Hall–Kier alpha value is -2.15. The SMILES string of the molecule is CCOC(=O)C1CCN(C(=O)Nc2ccc3sc(C)nc3c2)CC1. The number of aromatic nitrogens is 1. The molecule has 0 spiro atoms. The van der Waals surface area contributed by atoms with Crippen LogP contribution < -0.4 is 5.32 Å². The zero-order valence-electron chi connectivity index (χ0n) is 13.9. The van der Waals surface area contributed by atoms with Gasteiger partial charge in [0.05, 0.1) is 27.7 Å². The van der Waals surface area contributed by atoms with Crippen molar-refractivity contribution in [2.45, 2.75) is 26.7 Å². The Labute approximate surface area is 144 Å². The van der Waals surface area contributed by atoms with Crippen LogP contribution >= 0.6 is 11.3 Å². The highest BCUT2D eigenvalue weighted by atomic mass is 32.1. The number of aryl methyl sites for hydroxylation is 1. The minimum atomic E-state index is -0.151. The van der Waals surface area contributed by atoms with E-state index in [0.29, 0.717) is 32.5 Å². The van der Waals surface area contributed by atoms with Crippen LogP contribution in [0.5, 0.6) is 0 Å². The molecule has 3 rings (SSSR count). The van der Waals surface area contributed by atoms with Crippen LogP contribution in [-0.2, 0) is 9.53 Å². The van der Waals surface area contributed by atoms with Crippen molar-refractivity contribution >= 4 is 39.2 Å². The average molecular weight is 347 g/mol. The maximum Gasteiger partial charge on any atom is 0.321 e. The molecule has 0 radical (unpaired) electrons. The Bertz CT molecular complexity index is 751. The lowest BCUT2D eigenvalue weighted by Gasteiger charge is -2.30. The van der Waals surface area contributed by atoms with Crippen LogP contribution in [0.4, 0.5) is 10.5 Å². The number of fused-ring (bicyclic) bond motifs is 1. The molecule has 1 aliphatic rings. The van der Waals surface area contributed by atoms with Crippen molar-refractivity contribution in [3.8, 4) is 0 Å². The molecule has 1 aromatic carbocycles. The molecular formula is C17H21N3O3S. The second-order valence-corrected chi connectivity index (χ2v) is 7.09. The molecular weight excluding hydrogens is 326 g/mol. The van der Waals surface area contributed by atoms with Gasteiger partial charge < -0.3 is 15.0 Å². The van der Waals surface area contributed by atoms with Gasteiger partial charge in [-0.3, -0.25) is 4.79 Å². The van der Waals surface area contributed by atoms with Crippen LogP contribution in [0.2, 0.25) is 0 Å². The summed E-state index contributed by atoms with van der Waals surface area (Å²) in [5.74, 6) is -0.245. The van der Waals surface area contributed by atoms with E-state index in [4.69, 9.17) is 4.74 Å². The third kappa shape index (κ3) is 3.67. The summed E-state index contributed by atoms with van der Waals surface area (Å²) in [5.41, 5.74) is 1.64. The number of likely N-dealkylation sites (tertiary alicyclic amines) is 1. The van der Waals surface area contributed by atoms with Gasteiger partial charge >= 0.3 is 12.0 Å². The number of esters is 1. The molecule has 1 fully saturated rings. The highest BCUT2D eigenvalue weighted by molar-refractivity contribution is 7.18. The summed E-state index contributed by atoms with van der Waals surface area (Å²) >= 11 is 1.64. The lowest BCUT2D eigenvalue weighted by molar-refractivity contribution is -0.149. The van der Waals surface area contributed by atoms with Gasteiger partial charge in [-0.05, 0) is 44.9 Å². The Morgan fingerprint density at radius 3 is 2.83 bits per heavy atom. The largest absolute Gasteiger partial charge is 0.466 e. The second-order valence-electron chi connectivity index (χ2n) is 5.86. The van der Waals surface area contributed by atoms with Crippen LogP contribution in [0.3, 0.4) is 0 Å². The van der Waals surface area contributed by atoms with Crippen LogP contribution in [0.1, 0.15) is 24.8 Å². The number of hydrogen-bond donors (Lipinski definition) is 1. The van der Waals surface area contributed by atoms with Crippen molar-refractivity contribution in [3.63, 3.8) is 0 Å². The summed E-state index contributed by atoms with van der Waals surface area (Å²) in [5, 5.41) is 3.93. The van der Waals surface area contributed by atoms with Gasteiger partial charge in [-0.25, -0.2) is 9.78 Å². The fraction of sp³-hybridized carbons (Fsp3) is 0.471. The number of piperidine rings is 1. The first-order chi connectivity index (χ1) is 11.6. The van der Waals surface area contributed by atoms with E-state index in [1.54, 1.807) is 23.2 Å². The number of carbonyl (C=O) groups is 2. The number of carbonyl (C=O) groups excluding carboxylic acids is 2. The molecule has 2 aromatic rings. The molecule has 1 aromatic heterocycles. The monoisotopic (exact) mass is 347 g/mol. The molecule has 1 saturated heterocycles. The Morgan fingerprint density at radius 1 is 1.38 bits per heavy atom. The molecule has 0 unspecified atom stereocenters. The molecule has 2 heterocycles. The predicted molar refractivity (Wildman–Crippen MR) is 94.3 cm³/mol. The maximum absolute atomic E-state index is 12.4. The minimum absolute atomic E-state index is 0.0941. The zero-order chi connectivity index (χ0) is 17.1. The van der Waals surface area contributed by atoms with E-state index in [1.165, 1.54) is 0 Å². The topological polar surface area (TPSA) is 71.5 Å². The third-order valence-corrected chi connectivity index (χ3v) is 5.10. The predicted octanol–water partition coefficient (Wildman–Crippen LogP) is 3.41. The summed E-state index contributed by atoms with van der Waals surface area (Å²) in [7, 11) is 0. The summed E-state index contributed by atoms with van der Waals surface area (Å²) in [4.78, 5) is 30.3.